The number of nitrogens with zero attached hydrogens (tertiary/aromatic N) is 2. The number of allylic oxidation sites excluding steroid dienone is 3. The van der Waals surface area contributed by atoms with E-state index in [1.807, 2.05) is 13.0 Å². The number of nitrogens with one attached hydrogen (secondary N) is 1. The van der Waals surface area contributed by atoms with Crippen LogP contribution in [0.15, 0.2) is 41.0 Å². The van der Waals surface area contributed by atoms with Crippen LogP contribution < -0.4 is 5.62 Å². The van der Waals surface area contributed by atoms with Gasteiger partial charge in [0, 0.05) is 16.0 Å². The minimum absolute atomic E-state index is 0.104. The summed E-state index contributed by atoms with van der Waals surface area (Å²) in [6.45, 7) is 2.38. The summed E-state index contributed by atoms with van der Waals surface area (Å²) in [6.07, 6.45) is 8.16. The van der Waals surface area contributed by atoms with E-state index in [0.29, 0.717) is 10.1 Å². The van der Waals surface area contributed by atoms with Gasteiger partial charge in [0.25, 0.3) is 0 Å². The fourth-order valence-corrected chi connectivity index (χ4v) is 3.91. The van der Waals surface area contributed by atoms with Crippen molar-refractivity contribution < 1.29 is 5.11 Å². The van der Waals surface area contributed by atoms with Crippen LogP contribution in [0.1, 0.15) is 6.92 Å². The molecule has 0 fully saturated rings. The Balaban J connectivity index is 2.03. The van der Waals surface area contributed by atoms with E-state index in [1.54, 1.807) is 33.4 Å². The molecule has 3 unspecified atom stereocenters. The first-order valence-corrected chi connectivity index (χ1v) is 9.30. The van der Waals surface area contributed by atoms with Gasteiger partial charge in [0.2, 0.25) is 5.62 Å². The minimum Gasteiger partial charge on any atom is -0.387 e. The molecule has 1 aromatic carbocycles. The van der Waals surface area contributed by atoms with Crippen molar-refractivity contribution in [1.29, 1.82) is 5.41 Å². The second-order valence-corrected chi connectivity index (χ2v) is 7.63. The number of hydrogen-bond donors (Lipinski definition) is 2. The number of aliphatic hydroxyl groups is 1. The second-order valence-electron chi connectivity index (χ2n) is 6.28. The smallest absolute Gasteiger partial charge is 0.203 e. The van der Waals surface area contributed by atoms with Crippen LogP contribution >= 0.6 is 34.8 Å². The molecule has 0 aliphatic heterocycles. The third kappa shape index (κ3) is 3.33. The van der Waals surface area contributed by atoms with E-state index >= 15 is 0 Å². The highest BCUT2D eigenvalue weighted by Crippen LogP contribution is 2.34. The first-order chi connectivity index (χ1) is 12.3. The van der Waals surface area contributed by atoms with Gasteiger partial charge >= 0.3 is 0 Å². The maximum absolute atomic E-state index is 10.8. The molecule has 1 aromatic heterocycles. The number of terminal acetylenes is 1. The molecule has 0 bridgehead atoms. The molecule has 0 saturated carbocycles. The molecule has 3 rings (SSSR count). The Bertz CT molecular complexity index is 1010. The Morgan fingerprint density at radius 3 is 2.69 bits per heavy atom. The minimum atomic E-state index is -0.804. The van der Waals surface area contributed by atoms with Crippen molar-refractivity contribution in [2.75, 3.05) is 0 Å². The standard InChI is InChI=1S/C19H18Cl3N3O/c1-3-8-24-16-9-12(20)4-7-15(16)25(19(24)23)10-17(26)13-5-6-14(21)18(22)11(13)2/h1,4-7,9,11,17-18,23,26H,8,10H2,2H3. The van der Waals surface area contributed by atoms with E-state index < -0.39 is 6.10 Å². The maximum atomic E-state index is 10.8. The lowest BCUT2D eigenvalue weighted by molar-refractivity contribution is 0.176. The van der Waals surface area contributed by atoms with E-state index in [-0.39, 0.29) is 30.0 Å². The number of hydrogen-bond acceptors (Lipinski definition) is 2. The fourth-order valence-electron chi connectivity index (χ4n) is 3.27. The van der Waals surface area contributed by atoms with Crippen LogP contribution in [0.2, 0.25) is 5.02 Å². The number of aliphatic hydroxyl groups excluding tert-OH is 1. The highest BCUT2D eigenvalue weighted by molar-refractivity contribution is 6.37. The summed E-state index contributed by atoms with van der Waals surface area (Å²) in [5.74, 6) is 2.45. The van der Waals surface area contributed by atoms with Crippen LogP contribution in [0.25, 0.3) is 11.0 Å². The van der Waals surface area contributed by atoms with Gasteiger partial charge in [-0.2, -0.15) is 0 Å². The molecular formula is C19H18Cl3N3O. The largest absolute Gasteiger partial charge is 0.387 e. The van der Waals surface area contributed by atoms with Gasteiger partial charge < -0.3 is 9.67 Å². The third-order valence-corrected chi connectivity index (χ3v) is 6.00. The van der Waals surface area contributed by atoms with Crippen LogP contribution in [0, 0.1) is 23.7 Å². The SMILES string of the molecule is C#CCn1c(=N)n(CC(O)C2=CC=C(Cl)C(Cl)C2C)c2ccc(Cl)cc21. The fraction of sp³-hybridized carbons (Fsp3) is 0.316. The summed E-state index contributed by atoms with van der Waals surface area (Å²) in [6, 6.07) is 5.36. The predicted molar refractivity (Wildman–Crippen MR) is 106 cm³/mol. The van der Waals surface area contributed by atoms with Crippen molar-refractivity contribution in [3.63, 3.8) is 0 Å². The summed E-state index contributed by atoms with van der Waals surface area (Å²) >= 11 is 18.5. The second kappa shape index (κ2) is 7.54. The van der Waals surface area contributed by atoms with Crippen molar-refractivity contribution in [1.82, 2.24) is 9.13 Å². The highest BCUT2D eigenvalue weighted by atomic mass is 35.5. The third-order valence-electron chi connectivity index (χ3n) is 4.68. The van der Waals surface area contributed by atoms with Gasteiger partial charge in [-0.15, -0.1) is 18.0 Å². The monoisotopic (exact) mass is 409 g/mol. The molecule has 0 spiro atoms. The van der Waals surface area contributed by atoms with Crippen LogP contribution in [0.3, 0.4) is 0 Å². The first kappa shape index (κ1) is 19.1. The Hall–Kier alpha value is -1.64. The van der Waals surface area contributed by atoms with Gasteiger partial charge in [-0.05, 0) is 29.8 Å². The van der Waals surface area contributed by atoms with Gasteiger partial charge in [0.1, 0.15) is 0 Å². The number of rotatable bonds is 4. The zero-order valence-corrected chi connectivity index (χ0v) is 16.4. The Kier molecular flexibility index (Phi) is 5.55. The lowest BCUT2D eigenvalue weighted by Crippen LogP contribution is -2.33. The molecule has 0 saturated heterocycles. The Labute approximate surface area is 166 Å². The van der Waals surface area contributed by atoms with E-state index in [2.05, 4.69) is 5.92 Å². The molecule has 2 N–H and O–H groups in total. The van der Waals surface area contributed by atoms with E-state index in [4.69, 9.17) is 46.6 Å². The molecule has 0 radical (unpaired) electrons. The number of aromatic nitrogens is 2. The van der Waals surface area contributed by atoms with Crippen LogP contribution in [0.5, 0.6) is 0 Å². The normalized spacial score (nSPS) is 21.2. The quantitative estimate of drug-likeness (QED) is 0.583. The summed E-state index contributed by atoms with van der Waals surface area (Å²) in [5, 5.41) is 20.0. The van der Waals surface area contributed by atoms with Gasteiger partial charge in [-0.1, -0.05) is 42.1 Å². The van der Waals surface area contributed by atoms with Crippen LogP contribution in [-0.4, -0.2) is 25.7 Å². The Morgan fingerprint density at radius 1 is 1.27 bits per heavy atom. The summed E-state index contributed by atoms with van der Waals surface area (Å²) < 4.78 is 3.41. The van der Waals surface area contributed by atoms with Crippen molar-refractivity contribution in [2.45, 2.75) is 31.5 Å². The molecule has 1 heterocycles. The topological polar surface area (TPSA) is 53.9 Å². The number of halogens is 3. The van der Waals surface area contributed by atoms with Crippen molar-refractivity contribution in [3.8, 4) is 12.3 Å². The molecular weight excluding hydrogens is 393 g/mol. The van der Waals surface area contributed by atoms with Gasteiger partial charge in [0.15, 0.2) is 0 Å². The zero-order valence-electron chi connectivity index (χ0n) is 14.1. The van der Waals surface area contributed by atoms with Crippen LogP contribution in [-0.2, 0) is 13.1 Å². The molecule has 7 heteroatoms. The first-order valence-electron chi connectivity index (χ1n) is 8.11. The maximum Gasteiger partial charge on any atom is 0.203 e. The van der Waals surface area contributed by atoms with Gasteiger partial charge in [-0.25, -0.2) is 0 Å². The average Bonchev–Trinajstić information content (AvgIpc) is 2.85. The number of alkyl halides is 1. The molecule has 0 amide bonds. The van der Waals surface area contributed by atoms with Gasteiger partial charge in [0.05, 0.1) is 35.6 Å². The summed E-state index contributed by atoms with van der Waals surface area (Å²) in [4.78, 5) is 0. The lowest BCUT2D eigenvalue weighted by atomic mass is 9.89. The van der Waals surface area contributed by atoms with E-state index in [0.717, 1.165) is 16.6 Å². The molecule has 1 aliphatic carbocycles. The van der Waals surface area contributed by atoms with E-state index in [9.17, 15) is 5.11 Å². The highest BCUT2D eigenvalue weighted by Gasteiger charge is 2.29. The molecule has 2 aromatic rings. The summed E-state index contributed by atoms with van der Waals surface area (Å²) in [5.41, 5.74) is 2.54. The predicted octanol–water partition coefficient (Wildman–Crippen LogP) is 3.88. The zero-order chi connectivity index (χ0) is 19.0. The molecule has 4 nitrogen and oxygen atoms in total. The molecule has 136 valence electrons. The number of benzene rings is 1. The average molecular weight is 411 g/mol. The van der Waals surface area contributed by atoms with Gasteiger partial charge in [-0.3, -0.25) is 9.98 Å². The van der Waals surface area contributed by atoms with Crippen molar-refractivity contribution in [2.24, 2.45) is 5.92 Å². The Morgan fingerprint density at radius 2 is 2.00 bits per heavy atom. The summed E-state index contributed by atoms with van der Waals surface area (Å²) in [7, 11) is 0. The van der Waals surface area contributed by atoms with E-state index in [1.165, 1.54) is 0 Å². The lowest BCUT2D eigenvalue weighted by Gasteiger charge is -2.28. The molecule has 26 heavy (non-hydrogen) atoms. The van der Waals surface area contributed by atoms with Crippen molar-refractivity contribution >= 4 is 45.8 Å². The molecule has 1 aliphatic rings. The van der Waals surface area contributed by atoms with Crippen molar-refractivity contribution in [3.05, 3.63) is 51.6 Å². The number of imidazole rings is 1. The van der Waals surface area contributed by atoms with Crippen LogP contribution in [0.4, 0.5) is 0 Å². The number of fused-ring (bicyclic) bond motifs is 1. The molecule has 3 atom stereocenters.